The second kappa shape index (κ2) is 12.4. The van der Waals surface area contributed by atoms with Crippen LogP contribution in [-0.2, 0) is 26.2 Å². The zero-order valence-corrected chi connectivity index (χ0v) is 23.1. The van der Waals surface area contributed by atoms with E-state index in [2.05, 4.69) is 5.32 Å². The molecule has 3 aromatic rings. The van der Waals surface area contributed by atoms with Crippen molar-refractivity contribution in [3.8, 4) is 0 Å². The Hall–Kier alpha value is -3.07. The second-order valence-corrected chi connectivity index (χ2v) is 11.3. The van der Waals surface area contributed by atoms with Crippen LogP contribution in [0.3, 0.4) is 0 Å². The minimum Gasteiger partial charge on any atom is -0.355 e. The van der Waals surface area contributed by atoms with Crippen molar-refractivity contribution >= 4 is 50.7 Å². The van der Waals surface area contributed by atoms with Gasteiger partial charge < -0.3 is 10.2 Å². The van der Waals surface area contributed by atoms with Crippen LogP contribution in [-0.4, -0.2) is 44.3 Å². The number of carbonyl (C=O) groups is 2. The summed E-state index contributed by atoms with van der Waals surface area (Å²) >= 11 is 12.0. The Balaban J connectivity index is 2.01. The lowest BCUT2D eigenvalue weighted by Gasteiger charge is -2.32. The standard InChI is InChI=1S/C27H29Cl2N3O4S/c1-4-30-27(34)20(3)31(17-21-7-9-22(28)10-8-21)26(33)18-32(24-13-11-23(29)12-14-24)37(35,36)25-15-5-19(2)6-16-25/h5-16,20H,4,17-18H2,1-3H3,(H,30,34)/t20-/m1/s1. The number of sulfonamides is 1. The Bertz CT molecular complexity index is 1330. The van der Waals surface area contributed by atoms with Gasteiger partial charge in [0.2, 0.25) is 11.8 Å². The molecule has 7 nitrogen and oxygen atoms in total. The average molecular weight is 563 g/mol. The molecule has 2 amide bonds. The van der Waals surface area contributed by atoms with E-state index in [0.717, 1.165) is 15.4 Å². The number of rotatable bonds is 10. The predicted molar refractivity (Wildman–Crippen MR) is 147 cm³/mol. The fourth-order valence-electron chi connectivity index (χ4n) is 3.66. The number of amides is 2. The highest BCUT2D eigenvalue weighted by Crippen LogP contribution is 2.26. The van der Waals surface area contributed by atoms with Crippen molar-refractivity contribution in [2.24, 2.45) is 0 Å². The molecule has 0 aromatic heterocycles. The normalized spacial score (nSPS) is 12.0. The smallest absolute Gasteiger partial charge is 0.264 e. The van der Waals surface area contributed by atoms with Crippen molar-refractivity contribution in [2.75, 3.05) is 17.4 Å². The van der Waals surface area contributed by atoms with E-state index in [1.807, 2.05) is 6.92 Å². The molecule has 0 saturated carbocycles. The second-order valence-electron chi connectivity index (χ2n) is 8.52. The van der Waals surface area contributed by atoms with Crippen LogP contribution in [0.15, 0.2) is 77.7 Å². The van der Waals surface area contributed by atoms with Crippen LogP contribution in [0.4, 0.5) is 5.69 Å². The van der Waals surface area contributed by atoms with Crippen LogP contribution in [0.2, 0.25) is 10.0 Å². The Morgan fingerprint density at radius 3 is 1.97 bits per heavy atom. The molecular formula is C27H29Cl2N3O4S. The van der Waals surface area contributed by atoms with Crippen LogP contribution in [0, 0.1) is 6.92 Å². The van der Waals surface area contributed by atoms with Gasteiger partial charge in [0, 0.05) is 23.1 Å². The number of aryl methyl sites for hydroxylation is 1. The van der Waals surface area contributed by atoms with Crippen LogP contribution >= 0.6 is 23.2 Å². The fraction of sp³-hybridized carbons (Fsp3) is 0.259. The van der Waals surface area contributed by atoms with Gasteiger partial charge >= 0.3 is 0 Å². The van der Waals surface area contributed by atoms with Gasteiger partial charge in [0.1, 0.15) is 12.6 Å². The van der Waals surface area contributed by atoms with Crippen molar-refractivity contribution < 1.29 is 18.0 Å². The first-order valence-corrected chi connectivity index (χ1v) is 13.9. The highest BCUT2D eigenvalue weighted by atomic mass is 35.5. The third-order valence-electron chi connectivity index (χ3n) is 5.79. The van der Waals surface area contributed by atoms with Gasteiger partial charge in [-0.05, 0) is 74.9 Å². The van der Waals surface area contributed by atoms with Gasteiger partial charge in [-0.1, -0.05) is 53.0 Å². The number of anilines is 1. The molecule has 0 unspecified atom stereocenters. The minimum absolute atomic E-state index is 0.0434. The lowest BCUT2D eigenvalue weighted by Crippen LogP contribution is -2.51. The van der Waals surface area contributed by atoms with E-state index in [1.165, 1.54) is 29.2 Å². The summed E-state index contributed by atoms with van der Waals surface area (Å²) in [7, 11) is -4.12. The molecule has 3 aromatic carbocycles. The monoisotopic (exact) mass is 561 g/mol. The lowest BCUT2D eigenvalue weighted by molar-refractivity contribution is -0.139. The van der Waals surface area contributed by atoms with E-state index in [1.54, 1.807) is 62.4 Å². The molecule has 0 aliphatic heterocycles. The third-order valence-corrected chi connectivity index (χ3v) is 8.08. The molecule has 0 heterocycles. The van der Waals surface area contributed by atoms with E-state index in [-0.39, 0.29) is 23.0 Å². The highest BCUT2D eigenvalue weighted by molar-refractivity contribution is 7.92. The molecule has 0 aliphatic rings. The summed E-state index contributed by atoms with van der Waals surface area (Å²) in [5.74, 6) is -0.886. The number of halogens is 2. The molecule has 0 bridgehead atoms. The number of nitrogens with zero attached hydrogens (tertiary/aromatic N) is 2. The SMILES string of the molecule is CCNC(=O)[C@@H](C)N(Cc1ccc(Cl)cc1)C(=O)CN(c1ccc(Cl)cc1)S(=O)(=O)c1ccc(C)cc1. The van der Waals surface area contributed by atoms with Gasteiger partial charge in [-0.3, -0.25) is 13.9 Å². The van der Waals surface area contributed by atoms with Gasteiger partial charge in [0.05, 0.1) is 10.6 Å². The number of nitrogens with one attached hydrogen (secondary N) is 1. The number of hydrogen-bond acceptors (Lipinski definition) is 4. The zero-order chi connectivity index (χ0) is 27.2. The molecule has 0 fully saturated rings. The summed E-state index contributed by atoms with van der Waals surface area (Å²) in [6.45, 7) is 5.22. The van der Waals surface area contributed by atoms with Crippen molar-refractivity contribution in [1.82, 2.24) is 10.2 Å². The minimum atomic E-state index is -4.12. The third kappa shape index (κ3) is 7.25. The number of benzene rings is 3. The first-order chi connectivity index (χ1) is 17.5. The Labute approximate surface area is 228 Å². The highest BCUT2D eigenvalue weighted by Gasteiger charge is 2.32. The van der Waals surface area contributed by atoms with Gasteiger partial charge in [-0.25, -0.2) is 8.42 Å². The summed E-state index contributed by atoms with van der Waals surface area (Å²) < 4.78 is 28.5. The first-order valence-electron chi connectivity index (χ1n) is 11.7. The summed E-state index contributed by atoms with van der Waals surface area (Å²) in [5, 5.41) is 3.69. The number of hydrogen-bond donors (Lipinski definition) is 1. The number of likely N-dealkylation sites (N-methyl/N-ethyl adjacent to an activating group) is 1. The summed E-state index contributed by atoms with van der Waals surface area (Å²) in [5.41, 5.74) is 1.92. The molecule has 1 atom stereocenters. The average Bonchev–Trinajstić information content (AvgIpc) is 2.87. The van der Waals surface area contributed by atoms with E-state index < -0.39 is 28.5 Å². The maximum absolute atomic E-state index is 13.7. The van der Waals surface area contributed by atoms with Crippen LogP contribution in [0.1, 0.15) is 25.0 Å². The first kappa shape index (κ1) is 28.5. The quantitative estimate of drug-likeness (QED) is 0.375. The number of carbonyl (C=O) groups excluding carboxylic acids is 2. The molecule has 3 rings (SSSR count). The fourth-order valence-corrected chi connectivity index (χ4v) is 5.33. The van der Waals surface area contributed by atoms with Crippen molar-refractivity contribution in [2.45, 2.75) is 38.3 Å². The topological polar surface area (TPSA) is 86.8 Å². The van der Waals surface area contributed by atoms with Gasteiger partial charge in [0.15, 0.2) is 0 Å². The maximum atomic E-state index is 13.7. The van der Waals surface area contributed by atoms with E-state index in [4.69, 9.17) is 23.2 Å². The molecule has 10 heteroatoms. The molecule has 0 saturated heterocycles. The van der Waals surface area contributed by atoms with E-state index in [9.17, 15) is 18.0 Å². The van der Waals surface area contributed by atoms with Gasteiger partial charge in [-0.15, -0.1) is 0 Å². The Morgan fingerprint density at radius 2 is 1.43 bits per heavy atom. The zero-order valence-electron chi connectivity index (χ0n) is 20.8. The van der Waals surface area contributed by atoms with Crippen LogP contribution < -0.4 is 9.62 Å². The predicted octanol–water partition coefficient (Wildman–Crippen LogP) is 5.05. The molecular weight excluding hydrogens is 533 g/mol. The van der Waals surface area contributed by atoms with Crippen molar-refractivity contribution in [3.05, 3.63) is 94.0 Å². The summed E-state index contributed by atoms with van der Waals surface area (Å²) in [6.07, 6.45) is 0. The largest absolute Gasteiger partial charge is 0.355 e. The Morgan fingerprint density at radius 1 is 0.892 bits per heavy atom. The molecule has 37 heavy (non-hydrogen) atoms. The molecule has 1 N–H and O–H groups in total. The van der Waals surface area contributed by atoms with Crippen LogP contribution in [0.25, 0.3) is 0 Å². The lowest BCUT2D eigenvalue weighted by atomic mass is 10.1. The van der Waals surface area contributed by atoms with Gasteiger partial charge in [-0.2, -0.15) is 0 Å². The van der Waals surface area contributed by atoms with E-state index in [0.29, 0.717) is 16.6 Å². The molecule has 0 spiro atoms. The summed E-state index contributed by atoms with van der Waals surface area (Å²) in [6, 6.07) is 18.6. The summed E-state index contributed by atoms with van der Waals surface area (Å²) in [4.78, 5) is 27.8. The molecule has 196 valence electrons. The maximum Gasteiger partial charge on any atom is 0.264 e. The van der Waals surface area contributed by atoms with Crippen molar-refractivity contribution in [3.63, 3.8) is 0 Å². The Kier molecular flexibility index (Phi) is 9.59. The van der Waals surface area contributed by atoms with Crippen molar-refractivity contribution in [1.29, 1.82) is 0 Å². The molecule has 0 aliphatic carbocycles. The van der Waals surface area contributed by atoms with Gasteiger partial charge in [0.25, 0.3) is 10.0 Å². The van der Waals surface area contributed by atoms with Crippen LogP contribution in [0.5, 0.6) is 0 Å². The van der Waals surface area contributed by atoms with E-state index >= 15 is 0 Å². The molecule has 0 radical (unpaired) electrons.